The molecule has 2 aromatic heterocycles. The number of likely N-dealkylation sites (tertiary alicyclic amines) is 1. The summed E-state index contributed by atoms with van der Waals surface area (Å²) in [6.07, 6.45) is 6.69. The van der Waals surface area contributed by atoms with Crippen molar-refractivity contribution in [3.8, 4) is 0 Å². The summed E-state index contributed by atoms with van der Waals surface area (Å²) in [6.45, 7) is 4.68. The molecule has 0 spiro atoms. The van der Waals surface area contributed by atoms with E-state index in [-0.39, 0.29) is 0 Å². The van der Waals surface area contributed by atoms with E-state index in [1.54, 1.807) is 0 Å². The number of nitrogens with zero attached hydrogens (tertiary/aromatic N) is 2. The van der Waals surface area contributed by atoms with Gasteiger partial charge >= 0.3 is 0 Å². The van der Waals surface area contributed by atoms with Crippen LogP contribution in [-0.2, 0) is 6.54 Å². The predicted molar refractivity (Wildman–Crippen MR) is 75.9 cm³/mol. The van der Waals surface area contributed by atoms with Gasteiger partial charge < -0.3 is 10.3 Å². The third kappa shape index (κ3) is 2.05. The van der Waals surface area contributed by atoms with Gasteiger partial charge in [-0.15, -0.1) is 0 Å². The number of nitrogens with one attached hydrogen (secondary N) is 2. The molecule has 4 heterocycles. The topological polar surface area (TPSA) is 44.0 Å². The molecule has 4 nitrogen and oxygen atoms in total. The van der Waals surface area contributed by atoms with Crippen LogP contribution in [0.15, 0.2) is 24.5 Å². The van der Waals surface area contributed by atoms with Crippen molar-refractivity contribution in [3.63, 3.8) is 0 Å². The van der Waals surface area contributed by atoms with Crippen LogP contribution in [0, 0.1) is 5.92 Å². The summed E-state index contributed by atoms with van der Waals surface area (Å²) < 4.78 is 0. The van der Waals surface area contributed by atoms with E-state index in [0.29, 0.717) is 0 Å². The van der Waals surface area contributed by atoms with Gasteiger partial charge in [0.25, 0.3) is 0 Å². The Bertz CT molecular complexity index is 562. The first-order chi connectivity index (χ1) is 9.40. The molecule has 2 aliphatic heterocycles. The van der Waals surface area contributed by atoms with Crippen LogP contribution in [0.25, 0.3) is 11.0 Å². The molecule has 4 rings (SSSR count). The smallest absolute Gasteiger partial charge is 0.137 e. The Balaban J connectivity index is 1.52. The number of piperidine rings is 1. The summed E-state index contributed by atoms with van der Waals surface area (Å²) in [4.78, 5) is 10.2. The van der Waals surface area contributed by atoms with Gasteiger partial charge in [-0.05, 0) is 43.0 Å². The number of hydrogen-bond donors (Lipinski definition) is 2. The summed E-state index contributed by atoms with van der Waals surface area (Å²) in [5, 5.41) is 4.93. The van der Waals surface area contributed by atoms with E-state index in [1.807, 2.05) is 12.3 Å². The highest BCUT2D eigenvalue weighted by molar-refractivity contribution is 5.79. The monoisotopic (exact) mass is 256 g/mol. The van der Waals surface area contributed by atoms with Crippen LogP contribution in [0.5, 0.6) is 0 Å². The van der Waals surface area contributed by atoms with Gasteiger partial charge in [0.05, 0.1) is 0 Å². The van der Waals surface area contributed by atoms with Crippen LogP contribution >= 0.6 is 0 Å². The molecule has 2 atom stereocenters. The summed E-state index contributed by atoms with van der Waals surface area (Å²) >= 11 is 0. The van der Waals surface area contributed by atoms with E-state index in [4.69, 9.17) is 0 Å². The van der Waals surface area contributed by atoms with E-state index in [1.165, 1.54) is 43.4 Å². The second kappa shape index (κ2) is 4.62. The summed E-state index contributed by atoms with van der Waals surface area (Å²) in [5.41, 5.74) is 2.38. The minimum atomic E-state index is 0.720. The van der Waals surface area contributed by atoms with Gasteiger partial charge in [0.1, 0.15) is 5.65 Å². The zero-order valence-corrected chi connectivity index (χ0v) is 11.1. The van der Waals surface area contributed by atoms with Gasteiger partial charge in [-0.25, -0.2) is 4.98 Å². The average Bonchev–Trinajstić information content (AvgIpc) is 3.03. The van der Waals surface area contributed by atoms with E-state index in [9.17, 15) is 0 Å². The number of aromatic amines is 1. The lowest BCUT2D eigenvalue weighted by molar-refractivity contribution is 0.313. The lowest BCUT2D eigenvalue weighted by Crippen LogP contribution is -2.40. The zero-order chi connectivity index (χ0) is 12.7. The van der Waals surface area contributed by atoms with E-state index < -0.39 is 0 Å². The fourth-order valence-corrected chi connectivity index (χ4v) is 3.65. The van der Waals surface area contributed by atoms with Crippen molar-refractivity contribution >= 4 is 11.0 Å². The highest BCUT2D eigenvalue weighted by Gasteiger charge is 2.34. The van der Waals surface area contributed by atoms with Crippen molar-refractivity contribution in [2.24, 2.45) is 5.92 Å². The molecule has 0 unspecified atom stereocenters. The third-order valence-electron chi connectivity index (χ3n) is 4.61. The Morgan fingerprint density at radius 3 is 3.32 bits per heavy atom. The molecule has 0 saturated carbocycles. The zero-order valence-electron chi connectivity index (χ0n) is 11.1. The Labute approximate surface area is 113 Å². The molecule has 0 radical (unpaired) electrons. The number of pyridine rings is 1. The fraction of sp³-hybridized carbons (Fsp3) is 0.533. The highest BCUT2D eigenvalue weighted by Crippen LogP contribution is 2.27. The number of H-pyrrole nitrogens is 1. The largest absolute Gasteiger partial charge is 0.346 e. The Morgan fingerprint density at radius 1 is 1.37 bits per heavy atom. The molecule has 4 heteroatoms. The van der Waals surface area contributed by atoms with Gasteiger partial charge in [-0.3, -0.25) is 4.90 Å². The van der Waals surface area contributed by atoms with Crippen molar-refractivity contribution in [3.05, 3.63) is 30.1 Å². The summed E-state index contributed by atoms with van der Waals surface area (Å²) in [6, 6.07) is 4.90. The van der Waals surface area contributed by atoms with Crippen LogP contribution in [0.1, 0.15) is 18.4 Å². The standard InChI is InChI=1S/C15H20N4/c1-3-11-8-19(10-14(11)16-5-1)9-12-7-18-15-13(12)4-2-6-17-15/h2,4,6-7,11,14,16H,1,3,5,8-10H2,(H,17,18)/t11-,14+/m0/s1. The lowest BCUT2D eigenvalue weighted by atomic mass is 9.94. The SMILES string of the molecule is c1cnc2[nH]cc(CN3C[C@@H]4CCCN[C@@H]4C3)c2c1. The quantitative estimate of drug-likeness (QED) is 0.860. The van der Waals surface area contributed by atoms with Crippen molar-refractivity contribution in [2.75, 3.05) is 19.6 Å². The first kappa shape index (κ1) is 11.4. The van der Waals surface area contributed by atoms with Crippen LogP contribution in [0.4, 0.5) is 0 Å². The summed E-state index contributed by atoms with van der Waals surface area (Å²) in [5.74, 6) is 0.858. The molecular weight excluding hydrogens is 236 g/mol. The van der Waals surface area contributed by atoms with E-state index in [2.05, 4.69) is 32.4 Å². The second-order valence-electron chi connectivity index (χ2n) is 5.87. The minimum absolute atomic E-state index is 0.720. The minimum Gasteiger partial charge on any atom is -0.346 e. The van der Waals surface area contributed by atoms with Crippen molar-refractivity contribution in [1.29, 1.82) is 0 Å². The van der Waals surface area contributed by atoms with Crippen molar-refractivity contribution in [1.82, 2.24) is 20.2 Å². The van der Waals surface area contributed by atoms with Crippen LogP contribution in [-0.4, -0.2) is 40.5 Å². The van der Waals surface area contributed by atoms with Crippen LogP contribution < -0.4 is 5.32 Å². The first-order valence-corrected chi connectivity index (χ1v) is 7.27. The maximum Gasteiger partial charge on any atom is 0.137 e. The molecule has 2 N–H and O–H groups in total. The Hall–Kier alpha value is -1.39. The molecule has 0 amide bonds. The third-order valence-corrected chi connectivity index (χ3v) is 4.61. The van der Waals surface area contributed by atoms with E-state index in [0.717, 1.165) is 24.2 Å². The maximum atomic E-state index is 4.36. The molecule has 100 valence electrons. The maximum absolute atomic E-state index is 4.36. The average molecular weight is 256 g/mol. The molecule has 0 aliphatic carbocycles. The molecule has 0 aromatic carbocycles. The van der Waals surface area contributed by atoms with Gasteiger partial charge in [0.15, 0.2) is 0 Å². The molecular formula is C15H20N4. The fourth-order valence-electron chi connectivity index (χ4n) is 3.65. The highest BCUT2D eigenvalue weighted by atomic mass is 15.2. The van der Waals surface area contributed by atoms with Gasteiger partial charge in [0.2, 0.25) is 0 Å². The van der Waals surface area contributed by atoms with Gasteiger partial charge in [-0.1, -0.05) is 0 Å². The number of fused-ring (bicyclic) bond motifs is 2. The van der Waals surface area contributed by atoms with Crippen molar-refractivity contribution < 1.29 is 0 Å². The summed E-state index contributed by atoms with van der Waals surface area (Å²) in [7, 11) is 0. The molecule has 2 fully saturated rings. The van der Waals surface area contributed by atoms with Gasteiger partial charge in [-0.2, -0.15) is 0 Å². The number of rotatable bonds is 2. The number of aromatic nitrogens is 2. The normalized spacial score (nSPS) is 27.8. The Morgan fingerprint density at radius 2 is 2.37 bits per heavy atom. The predicted octanol–water partition coefficient (Wildman–Crippen LogP) is 1.75. The number of hydrogen-bond acceptors (Lipinski definition) is 3. The molecule has 2 aliphatic rings. The molecule has 2 aromatic rings. The first-order valence-electron chi connectivity index (χ1n) is 7.27. The lowest BCUT2D eigenvalue weighted by Gasteiger charge is -2.24. The van der Waals surface area contributed by atoms with E-state index >= 15 is 0 Å². The second-order valence-corrected chi connectivity index (χ2v) is 5.87. The van der Waals surface area contributed by atoms with Crippen molar-refractivity contribution in [2.45, 2.75) is 25.4 Å². The Kier molecular flexibility index (Phi) is 2.78. The molecule has 19 heavy (non-hydrogen) atoms. The van der Waals surface area contributed by atoms with Gasteiger partial charge in [0, 0.05) is 43.5 Å². The van der Waals surface area contributed by atoms with Crippen LogP contribution in [0.2, 0.25) is 0 Å². The molecule has 2 saturated heterocycles. The molecule has 0 bridgehead atoms. The van der Waals surface area contributed by atoms with Crippen LogP contribution in [0.3, 0.4) is 0 Å².